The van der Waals surface area contributed by atoms with E-state index in [-0.39, 0.29) is 17.6 Å². The van der Waals surface area contributed by atoms with Crippen molar-refractivity contribution in [1.29, 1.82) is 0 Å². The van der Waals surface area contributed by atoms with Crippen LogP contribution < -0.4 is 5.32 Å². The van der Waals surface area contributed by atoms with Gasteiger partial charge in [-0.2, -0.15) is 0 Å². The number of amides is 2. The Morgan fingerprint density at radius 2 is 2.05 bits per heavy atom. The zero-order valence-corrected chi connectivity index (χ0v) is 12.4. The van der Waals surface area contributed by atoms with E-state index in [1.54, 1.807) is 17.0 Å². The second-order valence-electron chi connectivity index (χ2n) is 5.11. The van der Waals surface area contributed by atoms with Gasteiger partial charge in [-0.3, -0.25) is 9.59 Å². The lowest BCUT2D eigenvalue weighted by Crippen LogP contribution is -2.36. The van der Waals surface area contributed by atoms with Crippen LogP contribution in [0.1, 0.15) is 18.4 Å². The van der Waals surface area contributed by atoms with Crippen LogP contribution in [0, 0.1) is 0 Å². The van der Waals surface area contributed by atoms with Gasteiger partial charge in [0.05, 0.1) is 0 Å². The number of phenols is 1. The lowest BCUT2D eigenvalue weighted by atomic mass is 9.99. The lowest BCUT2D eigenvalue weighted by Gasteiger charge is -2.26. The number of nitrogens with one attached hydrogen (secondary N) is 1. The first kappa shape index (κ1) is 15.8. The third kappa shape index (κ3) is 4.22. The lowest BCUT2D eigenvalue weighted by molar-refractivity contribution is -0.130. The molecule has 5 heteroatoms. The zero-order valence-electron chi connectivity index (χ0n) is 12.4. The van der Waals surface area contributed by atoms with E-state index >= 15 is 0 Å². The van der Waals surface area contributed by atoms with E-state index in [2.05, 4.69) is 11.9 Å². The van der Waals surface area contributed by atoms with Crippen molar-refractivity contribution in [2.75, 3.05) is 19.6 Å². The van der Waals surface area contributed by atoms with Gasteiger partial charge in [0.15, 0.2) is 0 Å². The molecule has 2 rings (SSSR count). The predicted octanol–water partition coefficient (Wildman–Crippen LogP) is 1.70. The largest absolute Gasteiger partial charge is 0.508 e. The van der Waals surface area contributed by atoms with E-state index in [4.69, 9.17) is 0 Å². The highest BCUT2D eigenvalue weighted by Gasteiger charge is 2.17. The van der Waals surface area contributed by atoms with Crippen molar-refractivity contribution in [3.8, 4) is 5.75 Å². The number of hydrogen-bond acceptors (Lipinski definition) is 3. The maximum absolute atomic E-state index is 12.0. The van der Waals surface area contributed by atoms with E-state index in [1.165, 1.54) is 11.6 Å². The van der Waals surface area contributed by atoms with Crippen LogP contribution in [0.25, 0.3) is 5.57 Å². The Hall–Kier alpha value is -2.56. The summed E-state index contributed by atoms with van der Waals surface area (Å²) in [4.78, 5) is 24.8. The molecular weight excluding hydrogens is 280 g/mol. The Balaban J connectivity index is 1.85. The number of carbonyl (C=O) groups excluding carboxylic acids is 2. The fourth-order valence-electron chi connectivity index (χ4n) is 2.36. The molecule has 0 saturated carbocycles. The fraction of sp³-hybridized carbons (Fsp3) is 0.294. The Kier molecular flexibility index (Phi) is 5.36. The molecule has 1 heterocycles. The third-order valence-corrected chi connectivity index (χ3v) is 3.62. The Bertz CT molecular complexity index is 590. The van der Waals surface area contributed by atoms with Gasteiger partial charge in [-0.05, 0) is 35.8 Å². The summed E-state index contributed by atoms with van der Waals surface area (Å²) in [5.41, 5.74) is 2.26. The Labute approximate surface area is 129 Å². The van der Waals surface area contributed by atoms with Crippen molar-refractivity contribution in [3.05, 3.63) is 48.6 Å². The monoisotopic (exact) mass is 300 g/mol. The van der Waals surface area contributed by atoms with Crippen molar-refractivity contribution >= 4 is 17.4 Å². The molecule has 0 spiro atoms. The van der Waals surface area contributed by atoms with Gasteiger partial charge in [-0.1, -0.05) is 24.8 Å². The van der Waals surface area contributed by atoms with Crippen LogP contribution in [0.15, 0.2) is 43.0 Å². The topological polar surface area (TPSA) is 69.6 Å². The smallest absolute Gasteiger partial charge is 0.243 e. The zero-order chi connectivity index (χ0) is 15.9. The molecule has 2 amide bonds. The first-order chi connectivity index (χ1) is 10.6. The van der Waals surface area contributed by atoms with Crippen LogP contribution in [0.4, 0.5) is 0 Å². The molecule has 116 valence electrons. The van der Waals surface area contributed by atoms with Crippen molar-refractivity contribution < 1.29 is 14.7 Å². The molecule has 0 fully saturated rings. The molecule has 1 aromatic rings. The molecule has 0 bridgehead atoms. The molecule has 5 nitrogen and oxygen atoms in total. The minimum atomic E-state index is -0.263. The standard InChI is InChI=1S/C17H20N2O3/c1-2-16(21)18-10-7-17(22)19-11-8-14(9-12-19)13-3-5-15(20)6-4-13/h2-6,8,20H,1,7,9-12H2,(H,18,21). The van der Waals surface area contributed by atoms with Crippen molar-refractivity contribution in [2.24, 2.45) is 0 Å². The van der Waals surface area contributed by atoms with E-state index in [9.17, 15) is 14.7 Å². The SMILES string of the molecule is C=CC(=O)NCCC(=O)N1CC=C(c2ccc(O)cc2)CC1. The highest BCUT2D eigenvalue weighted by molar-refractivity contribution is 5.87. The van der Waals surface area contributed by atoms with E-state index < -0.39 is 0 Å². The fourth-order valence-corrected chi connectivity index (χ4v) is 2.36. The molecule has 2 N–H and O–H groups in total. The summed E-state index contributed by atoms with van der Waals surface area (Å²) in [6.07, 6.45) is 4.31. The average molecular weight is 300 g/mol. The van der Waals surface area contributed by atoms with E-state index in [1.807, 2.05) is 18.2 Å². The second-order valence-corrected chi connectivity index (χ2v) is 5.11. The Morgan fingerprint density at radius 3 is 2.64 bits per heavy atom. The molecular formula is C17H20N2O3. The van der Waals surface area contributed by atoms with Crippen LogP contribution >= 0.6 is 0 Å². The second kappa shape index (κ2) is 7.45. The maximum Gasteiger partial charge on any atom is 0.243 e. The maximum atomic E-state index is 12.0. The van der Waals surface area contributed by atoms with Crippen LogP contribution in [-0.2, 0) is 9.59 Å². The van der Waals surface area contributed by atoms with Gasteiger partial charge in [0.25, 0.3) is 0 Å². The minimum absolute atomic E-state index is 0.0327. The summed E-state index contributed by atoms with van der Waals surface area (Å²) >= 11 is 0. The van der Waals surface area contributed by atoms with Crippen LogP contribution in [0.2, 0.25) is 0 Å². The summed E-state index contributed by atoms with van der Waals surface area (Å²) in [5, 5.41) is 11.9. The number of phenolic OH excluding ortho intramolecular Hbond substituents is 1. The van der Waals surface area contributed by atoms with E-state index in [0.717, 1.165) is 12.0 Å². The van der Waals surface area contributed by atoms with Gasteiger partial charge in [0.2, 0.25) is 11.8 Å². The number of nitrogens with zero attached hydrogens (tertiary/aromatic N) is 1. The van der Waals surface area contributed by atoms with Crippen LogP contribution in [-0.4, -0.2) is 41.5 Å². The molecule has 1 aromatic carbocycles. The normalized spacial score (nSPS) is 14.2. The van der Waals surface area contributed by atoms with Gasteiger partial charge in [0, 0.05) is 26.1 Å². The quantitative estimate of drug-likeness (QED) is 0.813. The molecule has 0 aliphatic carbocycles. The summed E-state index contributed by atoms with van der Waals surface area (Å²) in [5.74, 6) is 0.0184. The molecule has 1 aliphatic heterocycles. The Morgan fingerprint density at radius 1 is 1.32 bits per heavy atom. The average Bonchev–Trinajstić information content (AvgIpc) is 2.55. The summed E-state index contributed by atoms with van der Waals surface area (Å²) < 4.78 is 0. The summed E-state index contributed by atoms with van der Waals surface area (Å²) in [6, 6.07) is 7.08. The van der Waals surface area contributed by atoms with Crippen molar-refractivity contribution in [2.45, 2.75) is 12.8 Å². The van der Waals surface area contributed by atoms with E-state index in [0.29, 0.717) is 26.1 Å². The van der Waals surface area contributed by atoms with Crippen molar-refractivity contribution in [3.63, 3.8) is 0 Å². The van der Waals surface area contributed by atoms with Gasteiger partial charge >= 0.3 is 0 Å². The number of hydrogen-bond donors (Lipinski definition) is 2. The predicted molar refractivity (Wildman–Crippen MR) is 85.1 cm³/mol. The van der Waals surface area contributed by atoms with Gasteiger partial charge in [-0.25, -0.2) is 0 Å². The highest BCUT2D eigenvalue weighted by Crippen LogP contribution is 2.24. The summed E-state index contributed by atoms with van der Waals surface area (Å²) in [6.45, 7) is 4.93. The molecule has 1 aliphatic rings. The minimum Gasteiger partial charge on any atom is -0.508 e. The molecule has 22 heavy (non-hydrogen) atoms. The number of rotatable bonds is 5. The molecule has 0 saturated heterocycles. The molecule has 0 aromatic heterocycles. The highest BCUT2D eigenvalue weighted by atomic mass is 16.3. The van der Waals surface area contributed by atoms with Crippen LogP contribution in [0.5, 0.6) is 5.75 Å². The number of aromatic hydroxyl groups is 1. The van der Waals surface area contributed by atoms with Crippen molar-refractivity contribution in [1.82, 2.24) is 10.2 Å². The van der Waals surface area contributed by atoms with Gasteiger partial charge in [-0.15, -0.1) is 0 Å². The van der Waals surface area contributed by atoms with Crippen LogP contribution in [0.3, 0.4) is 0 Å². The number of carbonyl (C=O) groups is 2. The molecule has 0 unspecified atom stereocenters. The third-order valence-electron chi connectivity index (χ3n) is 3.62. The molecule has 0 radical (unpaired) electrons. The first-order valence-corrected chi connectivity index (χ1v) is 7.26. The summed E-state index contributed by atoms with van der Waals surface area (Å²) in [7, 11) is 0. The van der Waals surface area contributed by atoms with Gasteiger partial charge in [0.1, 0.15) is 5.75 Å². The van der Waals surface area contributed by atoms with Gasteiger partial charge < -0.3 is 15.3 Å². The number of benzene rings is 1. The molecule has 0 atom stereocenters. The first-order valence-electron chi connectivity index (χ1n) is 7.26.